The maximum atomic E-state index is 11.7. The Balaban J connectivity index is 2.66. The Hall–Kier alpha value is -2.03. The van der Waals surface area contributed by atoms with Crippen LogP contribution in [-0.4, -0.2) is 17.0 Å². The lowest BCUT2D eigenvalue weighted by atomic mass is 10.0. The lowest BCUT2D eigenvalue weighted by Gasteiger charge is -2.25. The average Bonchev–Trinajstić information content (AvgIpc) is 2.38. The van der Waals surface area contributed by atoms with Crippen molar-refractivity contribution in [2.24, 2.45) is 0 Å². The van der Waals surface area contributed by atoms with Crippen LogP contribution in [0.3, 0.4) is 0 Å². The minimum atomic E-state index is -0.314. The van der Waals surface area contributed by atoms with Crippen molar-refractivity contribution in [1.29, 1.82) is 0 Å². The third-order valence-corrected chi connectivity index (χ3v) is 3.18. The maximum Gasteiger partial charge on any atom is 0.159 e. The highest BCUT2D eigenvalue weighted by Crippen LogP contribution is 2.37. The third kappa shape index (κ3) is 4.47. The SMILES string of the molecule is CC(=O)c1ccc2c(OC(C)(C)C)ccc(OC(C)(C)C)c2c1. The molecule has 0 aliphatic rings. The minimum absolute atomic E-state index is 0.0377. The molecule has 2 rings (SSSR count). The van der Waals surface area contributed by atoms with Crippen molar-refractivity contribution in [2.75, 3.05) is 0 Å². The molecule has 0 amide bonds. The van der Waals surface area contributed by atoms with Gasteiger partial charge in [0.1, 0.15) is 22.7 Å². The fraction of sp³-hybridized carbons (Fsp3) is 0.450. The van der Waals surface area contributed by atoms with Gasteiger partial charge < -0.3 is 9.47 Å². The number of ketones is 1. The second-order valence-corrected chi connectivity index (χ2v) is 7.81. The molecule has 0 atom stereocenters. The largest absolute Gasteiger partial charge is 0.488 e. The van der Waals surface area contributed by atoms with Crippen LogP contribution in [0.2, 0.25) is 0 Å². The molecule has 3 heteroatoms. The Bertz CT molecular complexity index is 731. The van der Waals surface area contributed by atoms with Crippen molar-refractivity contribution in [3.8, 4) is 11.5 Å². The number of hydrogen-bond acceptors (Lipinski definition) is 3. The van der Waals surface area contributed by atoms with Gasteiger partial charge in [-0.25, -0.2) is 0 Å². The van der Waals surface area contributed by atoms with Crippen LogP contribution in [0.5, 0.6) is 11.5 Å². The zero-order chi connectivity index (χ0) is 17.4. The molecule has 124 valence electrons. The fourth-order valence-corrected chi connectivity index (χ4v) is 2.35. The molecule has 0 aliphatic carbocycles. The molecule has 0 N–H and O–H groups in total. The molecule has 2 aromatic carbocycles. The zero-order valence-electron chi connectivity index (χ0n) is 15.1. The van der Waals surface area contributed by atoms with Crippen molar-refractivity contribution >= 4 is 16.6 Å². The number of benzene rings is 2. The summed E-state index contributed by atoms with van der Waals surface area (Å²) < 4.78 is 12.1. The van der Waals surface area contributed by atoms with Crippen molar-refractivity contribution < 1.29 is 14.3 Å². The van der Waals surface area contributed by atoms with Crippen LogP contribution < -0.4 is 9.47 Å². The molecule has 0 saturated heterocycles. The summed E-state index contributed by atoms with van der Waals surface area (Å²) in [5.41, 5.74) is 0.0635. The molecule has 0 spiro atoms. The van der Waals surface area contributed by atoms with Crippen molar-refractivity contribution in [3.63, 3.8) is 0 Å². The maximum absolute atomic E-state index is 11.7. The molecule has 0 bridgehead atoms. The van der Waals surface area contributed by atoms with E-state index >= 15 is 0 Å². The molecule has 0 heterocycles. The van der Waals surface area contributed by atoms with Crippen LogP contribution in [0.1, 0.15) is 58.8 Å². The molecule has 0 saturated carbocycles. The molecule has 3 nitrogen and oxygen atoms in total. The molecular weight excluding hydrogens is 288 g/mol. The van der Waals surface area contributed by atoms with Crippen LogP contribution in [0.4, 0.5) is 0 Å². The summed E-state index contributed by atoms with van der Waals surface area (Å²) in [5.74, 6) is 1.59. The number of ether oxygens (including phenoxy) is 2. The van der Waals surface area contributed by atoms with E-state index in [-0.39, 0.29) is 17.0 Å². The molecule has 0 fully saturated rings. The topological polar surface area (TPSA) is 35.5 Å². The first kappa shape index (κ1) is 17.3. The van der Waals surface area contributed by atoms with Gasteiger partial charge in [-0.15, -0.1) is 0 Å². The standard InChI is InChI=1S/C20H26O3/c1-13(21)14-8-9-15-16(12-14)18(23-20(5,6)7)11-10-17(15)22-19(2,3)4/h8-12H,1-7H3. The number of rotatable bonds is 3. The van der Waals surface area contributed by atoms with E-state index < -0.39 is 0 Å². The quantitative estimate of drug-likeness (QED) is 0.712. The molecule has 0 unspecified atom stereocenters. The zero-order valence-corrected chi connectivity index (χ0v) is 15.1. The van der Waals surface area contributed by atoms with Crippen LogP contribution in [0.15, 0.2) is 30.3 Å². The Labute approximate surface area is 138 Å². The lowest BCUT2D eigenvalue weighted by molar-refractivity contribution is 0.101. The van der Waals surface area contributed by atoms with Crippen LogP contribution in [0.25, 0.3) is 10.8 Å². The summed E-state index contributed by atoms with van der Waals surface area (Å²) in [6.45, 7) is 13.6. The number of hydrogen-bond donors (Lipinski definition) is 0. The summed E-state index contributed by atoms with van der Waals surface area (Å²) in [6, 6.07) is 9.50. The molecular formula is C20H26O3. The van der Waals surface area contributed by atoms with Gasteiger partial charge in [-0.05, 0) is 72.7 Å². The van der Waals surface area contributed by atoms with E-state index in [2.05, 4.69) is 0 Å². The Morgan fingerprint density at radius 3 is 1.70 bits per heavy atom. The van der Waals surface area contributed by atoms with Gasteiger partial charge in [0, 0.05) is 16.3 Å². The second kappa shape index (κ2) is 5.88. The van der Waals surface area contributed by atoms with Gasteiger partial charge in [-0.1, -0.05) is 6.07 Å². The summed E-state index contributed by atoms with van der Waals surface area (Å²) >= 11 is 0. The van der Waals surface area contributed by atoms with E-state index in [4.69, 9.17) is 9.47 Å². The Kier molecular flexibility index (Phi) is 4.43. The summed E-state index contributed by atoms with van der Waals surface area (Å²) in [4.78, 5) is 11.7. The van der Waals surface area contributed by atoms with Crippen LogP contribution in [-0.2, 0) is 0 Å². The van der Waals surface area contributed by atoms with Gasteiger partial charge in [0.2, 0.25) is 0 Å². The third-order valence-electron chi connectivity index (χ3n) is 3.18. The van der Waals surface area contributed by atoms with Gasteiger partial charge in [-0.2, -0.15) is 0 Å². The van der Waals surface area contributed by atoms with E-state index in [9.17, 15) is 4.79 Å². The van der Waals surface area contributed by atoms with Gasteiger partial charge >= 0.3 is 0 Å². The molecule has 0 aromatic heterocycles. The van der Waals surface area contributed by atoms with Gasteiger partial charge in [-0.3, -0.25) is 4.79 Å². The highest BCUT2D eigenvalue weighted by Gasteiger charge is 2.19. The van der Waals surface area contributed by atoms with E-state index in [0.717, 1.165) is 22.3 Å². The van der Waals surface area contributed by atoms with Crippen molar-refractivity contribution in [3.05, 3.63) is 35.9 Å². The smallest absolute Gasteiger partial charge is 0.159 e. The summed E-state index contributed by atoms with van der Waals surface area (Å²) in [5, 5.41) is 1.85. The first-order chi connectivity index (χ1) is 10.5. The van der Waals surface area contributed by atoms with E-state index in [1.165, 1.54) is 0 Å². The van der Waals surface area contributed by atoms with Gasteiger partial charge in [0.25, 0.3) is 0 Å². The van der Waals surface area contributed by atoms with Crippen molar-refractivity contribution in [2.45, 2.75) is 59.7 Å². The summed E-state index contributed by atoms with van der Waals surface area (Å²) in [6.07, 6.45) is 0. The molecule has 23 heavy (non-hydrogen) atoms. The number of fused-ring (bicyclic) bond motifs is 1. The van der Waals surface area contributed by atoms with E-state index in [1.807, 2.05) is 71.9 Å². The average molecular weight is 314 g/mol. The number of carbonyl (C=O) groups is 1. The van der Waals surface area contributed by atoms with Gasteiger partial charge in [0.15, 0.2) is 5.78 Å². The molecule has 2 aromatic rings. The Morgan fingerprint density at radius 1 is 0.783 bits per heavy atom. The molecule has 0 aliphatic heterocycles. The van der Waals surface area contributed by atoms with E-state index in [1.54, 1.807) is 6.92 Å². The highest BCUT2D eigenvalue weighted by molar-refractivity contribution is 6.01. The van der Waals surface area contributed by atoms with E-state index in [0.29, 0.717) is 5.56 Å². The fourth-order valence-electron chi connectivity index (χ4n) is 2.35. The van der Waals surface area contributed by atoms with Crippen LogP contribution >= 0.6 is 0 Å². The Morgan fingerprint density at radius 2 is 1.26 bits per heavy atom. The minimum Gasteiger partial charge on any atom is -0.488 e. The number of carbonyl (C=O) groups excluding carboxylic acids is 1. The second-order valence-electron chi connectivity index (χ2n) is 7.81. The highest BCUT2D eigenvalue weighted by atomic mass is 16.5. The normalized spacial score (nSPS) is 12.3. The van der Waals surface area contributed by atoms with Crippen LogP contribution in [0, 0.1) is 0 Å². The predicted octanol–water partition coefficient (Wildman–Crippen LogP) is 5.40. The molecule has 0 radical (unpaired) electrons. The number of Topliss-reactive ketones (excluding diaryl/α,β-unsaturated/α-hetero) is 1. The first-order valence-corrected chi connectivity index (χ1v) is 7.92. The van der Waals surface area contributed by atoms with Gasteiger partial charge in [0.05, 0.1) is 0 Å². The first-order valence-electron chi connectivity index (χ1n) is 7.92. The monoisotopic (exact) mass is 314 g/mol. The van der Waals surface area contributed by atoms with Crippen molar-refractivity contribution in [1.82, 2.24) is 0 Å². The predicted molar refractivity (Wildman–Crippen MR) is 94.7 cm³/mol. The summed E-state index contributed by atoms with van der Waals surface area (Å²) in [7, 11) is 0. The lowest BCUT2D eigenvalue weighted by Crippen LogP contribution is -2.24.